The smallest absolute Gasteiger partial charge is 0.305 e. The minimum Gasteiger partial charge on any atom is -0.481 e. The highest BCUT2D eigenvalue weighted by Crippen LogP contribution is 2.30. The number of para-hydroxylation sites is 1. The Bertz CT molecular complexity index is 993. The van der Waals surface area contributed by atoms with Crippen LogP contribution in [-0.4, -0.2) is 51.8 Å². The van der Waals surface area contributed by atoms with E-state index in [2.05, 4.69) is 15.5 Å². The van der Waals surface area contributed by atoms with Gasteiger partial charge in [0.2, 0.25) is 5.60 Å². The van der Waals surface area contributed by atoms with Crippen molar-refractivity contribution < 1.29 is 28.7 Å². The first-order chi connectivity index (χ1) is 13.9. The SMILES string of the molecule is CC[C@]1(C(=O)NC(CC(=O)O)C(=O)CF)CC(c2ccc3ccccc3n2)=NO1. The Morgan fingerprint density at radius 2 is 2.03 bits per heavy atom. The number of pyridine rings is 1. The molecule has 0 bridgehead atoms. The van der Waals surface area contributed by atoms with Gasteiger partial charge in [0.25, 0.3) is 5.91 Å². The van der Waals surface area contributed by atoms with Crippen LogP contribution in [0.3, 0.4) is 0 Å². The Hall–Kier alpha value is -3.36. The Morgan fingerprint density at radius 3 is 2.72 bits per heavy atom. The molecule has 8 nitrogen and oxygen atoms in total. The summed E-state index contributed by atoms with van der Waals surface area (Å²) >= 11 is 0. The summed E-state index contributed by atoms with van der Waals surface area (Å²) in [6.07, 6.45) is -0.415. The quantitative estimate of drug-likeness (QED) is 0.699. The maximum absolute atomic E-state index is 12.8. The number of nitrogens with zero attached hydrogens (tertiary/aromatic N) is 2. The first-order valence-electron chi connectivity index (χ1n) is 9.11. The second-order valence-corrected chi connectivity index (χ2v) is 6.77. The summed E-state index contributed by atoms with van der Waals surface area (Å²) in [5.74, 6) is -3.05. The van der Waals surface area contributed by atoms with Crippen LogP contribution in [0.5, 0.6) is 0 Å². The second kappa shape index (κ2) is 8.34. The normalized spacial score (nSPS) is 19.3. The average molecular weight is 401 g/mol. The zero-order valence-corrected chi connectivity index (χ0v) is 15.7. The number of hydrogen-bond donors (Lipinski definition) is 2. The number of aromatic nitrogens is 1. The van der Waals surface area contributed by atoms with E-state index in [4.69, 9.17) is 9.94 Å². The molecular weight excluding hydrogens is 381 g/mol. The highest BCUT2D eigenvalue weighted by Gasteiger charge is 2.46. The highest BCUT2D eigenvalue weighted by atomic mass is 19.1. The number of halogens is 1. The van der Waals surface area contributed by atoms with E-state index < -0.39 is 42.4 Å². The molecule has 2 aromatic rings. The number of carboxylic acids is 1. The van der Waals surface area contributed by atoms with Crippen molar-refractivity contribution in [1.29, 1.82) is 0 Å². The van der Waals surface area contributed by atoms with E-state index in [1.54, 1.807) is 13.0 Å². The molecule has 1 aliphatic rings. The second-order valence-electron chi connectivity index (χ2n) is 6.77. The highest BCUT2D eigenvalue weighted by molar-refractivity contribution is 6.06. The summed E-state index contributed by atoms with van der Waals surface area (Å²) in [4.78, 5) is 45.4. The predicted molar refractivity (Wildman–Crippen MR) is 102 cm³/mol. The van der Waals surface area contributed by atoms with Gasteiger partial charge in [-0.05, 0) is 18.6 Å². The van der Waals surface area contributed by atoms with Crippen molar-refractivity contribution in [3.05, 3.63) is 42.1 Å². The van der Waals surface area contributed by atoms with Crippen LogP contribution in [0.15, 0.2) is 41.6 Å². The number of fused-ring (bicyclic) bond motifs is 1. The molecule has 29 heavy (non-hydrogen) atoms. The van der Waals surface area contributed by atoms with Crippen molar-refractivity contribution in [1.82, 2.24) is 10.3 Å². The van der Waals surface area contributed by atoms with E-state index in [1.807, 2.05) is 30.3 Å². The van der Waals surface area contributed by atoms with Gasteiger partial charge in [0.1, 0.15) is 18.4 Å². The third-order valence-electron chi connectivity index (χ3n) is 4.87. The molecule has 9 heteroatoms. The van der Waals surface area contributed by atoms with E-state index >= 15 is 0 Å². The number of benzene rings is 1. The summed E-state index contributed by atoms with van der Waals surface area (Å²) in [5.41, 5.74) is 0.352. The number of hydrogen-bond acceptors (Lipinski definition) is 6. The molecule has 1 amide bonds. The summed E-state index contributed by atoms with van der Waals surface area (Å²) < 4.78 is 12.7. The lowest BCUT2D eigenvalue weighted by Gasteiger charge is -2.26. The first-order valence-corrected chi connectivity index (χ1v) is 9.11. The number of carboxylic acid groups (broad SMARTS) is 1. The van der Waals surface area contributed by atoms with Gasteiger partial charge in [-0.15, -0.1) is 0 Å². The van der Waals surface area contributed by atoms with Crippen LogP contribution >= 0.6 is 0 Å². The lowest BCUT2D eigenvalue weighted by Crippen LogP contribution is -2.53. The summed E-state index contributed by atoms with van der Waals surface area (Å²) in [6.45, 7) is 0.329. The zero-order chi connectivity index (χ0) is 21.0. The first kappa shape index (κ1) is 20.4. The fraction of sp³-hybridized carbons (Fsp3) is 0.350. The van der Waals surface area contributed by atoms with Crippen LogP contribution in [0.4, 0.5) is 4.39 Å². The molecule has 0 spiro atoms. The molecule has 2 N–H and O–H groups in total. The number of Topliss-reactive ketones (excluding diaryl/α,β-unsaturated/α-hetero) is 1. The molecule has 0 radical (unpaired) electrons. The standard InChI is InChI=1S/C20H20FN3O5/c1-2-20(19(28)23-15(9-18(26)27)17(25)11-21)10-16(24-29-20)14-8-7-12-5-3-4-6-13(12)22-14/h3-8,15H,2,9-11H2,1H3,(H,23,28)(H,26,27)/t15?,20-/m1/s1. The summed E-state index contributed by atoms with van der Waals surface area (Å²) in [7, 11) is 0. The van der Waals surface area contributed by atoms with Gasteiger partial charge in [0.15, 0.2) is 5.78 Å². The van der Waals surface area contributed by atoms with Crippen LogP contribution in [0.1, 0.15) is 31.9 Å². The van der Waals surface area contributed by atoms with E-state index in [0.717, 1.165) is 10.9 Å². The maximum atomic E-state index is 12.8. The van der Waals surface area contributed by atoms with E-state index in [0.29, 0.717) is 11.4 Å². The van der Waals surface area contributed by atoms with Crippen molar-refractivity contribution in [2.24, 2.45) is 5.16 Å². The van der Waals surface area contributed by atoms with E-state index in [9.17, 15) is 18.8 Å². The molecule has 0 saturated heterocycles. The lowest BCUT2D eigenvalue weighted by molar-refractivity contribution is -0.148. The van der Waals surface area contributed by atoms with Gasteiger partial charge < -0.3 is 15.3 Å². The minimum atomic E-state index is -1.47. The Kier molecular flexibility index (Phi) is 5.86. The van der Waals surface area contributed by atoms with Crippen molar-refractivity contribution >= 4 is 34.3 Å². The summed E-state index contributed by atoms with van der Waals surface area (Å²) in [5, 5.41) is 16.2. The molecule has 1 aromatic carbocycles. The minimum absolute atomic E-state index is 0.0876. The average Bonchev–Trinajstić information content (AvgIpc) is 3.18. The number of nitrogens with one attached hydrogen (secondary N) is 1. The number of carbonyl (C=O) groups is 3. The van der Waals surface area contributed by atoms with Crippen molar-refractivity contribution in [2.75, 3.05) is 6.67 Å². The monoisotopic (exact) mass is 401 g/mol. The molecule has 0 fully saturated rings. The third-order valence-corrected chi connectivity index (χ3v) is 4.87. The van der Waals surface area contributed by atoms with Crippen LogP contribution in [-0.2, 0) is 19.2 Å². The molecule has 152 valence electrons. The zero-order valence-electron chi connectivity index (χ0n) is 15.7. The molecule has 1 aliphatic heterocycles. The molecular formula is C20H20FN3O5. The number of ketones is 1. The van der Waals surface area contributed by atoms with Crippen molar-refractivity contribution in [3.8, 4) is 0 Å². The molecule has 1 unspecified atom stereocenters. The number of amides is 1. The van der Waals surface area contributed by atoms with E-state index in [-0.39, 0.29) is 12.8 Å². The topological polar surface area (TPSA) is 118 Å². The van der Waals surface area contributed by atoms with Crippen LogP contribution in [0, 0.1) is 0 Å². The van der Waals surface area contributed by atoms with Gasteiger partial charge >= 0.3 is 5.97 Å². The fourth-order valence-electron chi connectivity index (χ4n) is 3.12. The molecule has 2 atom stereocenters. The molecule has 2 heterocycles. The van der Waals surface area contributed by atoms with Crippen LogP contribution < -0.4 is 5.32 Å². The summed E-state index contributed by atoms with van der Waals surface area (Å²) in [6, 6.07) is 9.73. The molecule has 3 rings (SSSR count). The Labute approximate surface area is 165 Å². The largest absolute Gasteiger partial charge is 0.481 e. The Balaban J connectivity index is 1.79. The number of oxime groups is 1. The number of carbonyl (C=O) groups excluding carboxylic acids is 2. The van der Waals surface area contributed by atoms with Crippen molar-refractivity contribution in [3.63, 3.8) is 0 Å². The Morgan fingerprint density at radius 1 is 1.28 bits per heavy atom. The van der Waals surface area contributed by atoms with E-state index in [1.165, 1.54) is 0 Å². The van der Waals surface area contributed by atoms with Gasteiger partial charge in [0, 0.05) is 11.8 Å². The number of alkyl halides is 1. The lowest BCUT2D eigenvalue weighted by atomic mass is 9.91. The van der Waals surface area contributed by atoms with Crippen LogP contribution in [0.25, 0.3) is 10.9 Å². The number of rotatable bonds is 8. The predicted octanol–water partition coefficient (Wildman–Crippen LogP) is 2.01. The van der Waals surface area contributed by atoms with Crippen LogP contribution in [0.2, 0.25) is 0 Å². The maximum Gasteiger partial charge on any atom is 0.305 e. The number of aliphatic carboxylic acids is 1. The molecule has 0 saturated carbocycles. The van der Waals surface area contributed by atoms with Gasteiger partial charge in [-0.25, -0.2) is 9.37 Å². The fourth-order valence-corrected chi connectivity index (χ4v) is 3.12. The van der Waals surface area contributed by atoms with Gasteiger partial charge in [-0.1, -0.05) is 36.3 Å². The van der Waals surface area contributed by atoms with Gasteiger partial charge in [-0.3, -0.25) is 14.4 Å². The molecule has 0 aliphatic carbocycles. The van der Waals surface area contributed by atoms with Crippen molar-refractivity contribution in [2.45, 2.75) is 37.8 Å². The van der Waals surface area contributed by atoms with Gasteiger partial charge in [-0.2, -0.15) is 0 Å². The van der Waals surface area contributed by atoms with Gasteiger partial charge in [0.05, 0.1) is 17.6 Å². The molecule has 1 aromatic heterocycles. The third kappa shape index (κ3) is 4.23.